The predicted octanol–water partition coefficient (Wildman–Crippen LogP) is 3.43. The summed E-state index contributed by atoms with van der Waals surface area (Å²) in [5.74, 6) is 0.429. The maximum atomic E-state index is 12.2. The molecule has 1 heterocycles. The number of nitrogens with zero attached hydrogens (tertiary/aromatic N) is 1. The molecule has 3 nitrogen and oxygen atoms in total. The fourth-order valence-electron chi connectivity index (χ4n) is 2.50. The standard InChI is InChI=1S/C14H19ClN2O/c1-10-5-3-2-4-6-13(10)17-14(18)11-9-16-8-7-12(11)15/h7-10,13H,2-6H2,1H3,(H,17,18). The zero-order chi connectivity index (χ0) is 13.0. The first kappa shape index (κ1) is 13.3. The maximum Gasteiger partial charge on any atom is 0.254 e. The van der Waals surface area contributed by atoms with Crippen molar-refractivity contribution in [1.82, 2.24) is 10.3 Å². The van der Waals surface area contributed by atoms with Gasteiger partial charge in [0.05, 0.1) is 10.6 Å². The lowest BCUT2D eigenvalue weighted by Crippen LogP contribution is -2.39. The summed E-state index contributed by atoms with van der Waals surface area (Å²) in [6, 6.07) is 1.91. The van der Waals surface area contributed by atoms with E-state index in [0.717, 1.165) is 6.42 Å². The van der Waals surface area contributed by atoms with Gasteiger partial charge in [0.2, 0.25) is 0 Å². The van der Waals surface area contributed by atoms with E-state index in [1.165, 1.54) is 31.9 Å². The van der Waals surface area contributed by atoms with Crippen molar-refractivity contribution < 1.29 is 4.79 Å². The van der Waals surface area contributed by atoms with Gasteiger partial charge in [0.15, 0.2) is 0 Å². The summed E-state index contributed by atoms with van der Waals surface area (Å²) in [5.41, 5.74) is 0.468. The van der Waals surface area contributed by atoms with Crippen LogP contribution < -0.4 is 5.32 Å². The van der Waals surface area contributed by atoms with Crippen LogP contribution in [-0.4, -0.2) is 16.9 Å². The summed E-state index contributed by atoms with van der Waals surface area (Å²) in [6.07, 6.45) is 9.09. The molecule has 0 bridgehead atoms. The van der Waals surface area contributed by atoms with Crippen LogP contribution in [0.15, 0.2) is 18.5 Å². The first-order valence-electron chi connectivity index (χ1n) is 6.59. The van der Waals surface area contributed by atoms with E-state index in [9.17, 15) is 4.79 Å². The molecule has 18 heavy (non-hydrogen) atoms. The first-order valence-corrected chi connectivity index (χ1v) is 6.96. The van der Waals surface area contributed by atoms with Gasteiger partial charge in [-0.1, -0.05) is 37.8 Å². The number of pyridine rings is 1. The van der Waals surface area contributed by atoms with Gasteiger partial charge in [-0.15, -0.1) is 0 Å². The highest BCUT2D eigenvalue weighted by Gasteiger charge is 2.22. The SMILES string of the molecule is CC1CCCCCC1NC(=O)c1cnccc1Cl. The normalized spacial score (nSPS) is 24.3. The van der Waals surface area contributed by atoms with E-state index in [0.29, 0.717) is 16.5 Å². The smallest absolute Gasteiger partial charge is 0.254 e. The van der Waals surface area contributed by atoms with E-state index in [1.807, 2.05) is 0 Å². The van der Waals surface area contributed by atoms with E-state index in [-0.39, 0.29) is 11.9 Å². The third-order valence-corrected chi connectivity index (χ3v) is 4.02. The highest BCUT2D eigenvalue weighted by atomic mass is 35.5. The van der Waals surface area contributed by atoms with Gasteiger partial charge in [-0.3, -0.25) is 9.78 Å². The largest absolute Gasteiger partial charge is 0.349 e. The maximum absolute atomic E-state index is 12.2. The molecule has 1 N–H and O–H groups in total. The lowest BCUT2D eigenvalue weighted by molar-refractivity contribution is 0.0921. The average Bonchev–Trinajstić information content (AvgIpc) is 2.55. The highest BCUT2D eigenvalue weighted by molar-refractivity contribution is 6.33. The van der Waals surface area contributed by atoms with Crippen LogP contribution >= 0.6 is 11.6 Å². The van der Waals surface area contributed by atoms with Crippen molar-refractivity contribution in [3.05, 3.63) is 29.0 Å². The highest BCUT2D eigenvalue weighted by Crippen LogP contribution is 2.23. The number of rotatable bonds is 2. The van der Waals surface area contributed by atoms with Crippen LogP contribution in [0.4, 0.5) is 0 Å². The Morgan fingerprint density at radius 1 is 1.39 bits per heavy atom. The molecule has 1 aliphatic carbocycles. The number of hydrogen-bond acceptors (Lipinski definition) is 2. The van der Waals surface area contributed by atoms with Gasteiger partial charge in [0.1, 0.15) is 0 Å². The van der Waals surface area contributed by atoms with Crippen molar-refractivity contribution in [2.75, 3.05) is 0 Å². The third kappa shape index (κ3) is 3.22. The van der Waals surface area contributed by atoms with Crippen molar-refractivity contribution in [1.29, 1.82) is 0 Å². The molecule has 4 heteroatoms. The summed E-state index contributed by atoms with van der Waals surface area (Å²) in [4.78, 5) is 16.1. The summed E-state index contributed by atoms with van der Waals surface area (Å²) in [6.45, 7) is 2.21. The second-order valence-corrected chi connectivity index (χ2v) is 5.46. The molecule has 1 fully saturated rings. The number of carbonyl (C=O) groups excluding carboxylic acids is 1. The van der Waals surface area contributed by atoms with Gasteiger partial charge in [-0.25, -0.2) is 0 Å². The number of aromatic nitrogens is 1. The molecule has 1 aromatic heterocycles. The zero-order valence-electron chi connectivity index (χ0n) is 10.7. The predicted molar refractivity (Wildman–Crippen MR) is 72.8 cm³/mol. The number of carbonyl (C=O) groups is 1. The van der Waals surface area contributed by atoms with Gasteiger partial charge >= 0.3 is 0 Å². The molecule has 2 rings (SSSR count). The summed E-state index contributed by atoms with van der Waals surface area (Å²) < 4.78 is 0. The molecule has 98 valence electrons. The van der Waals surface area contributed by atoms with Gasteiger partial charge in [0.25, 0.3) is 5.91 Å². The summed E-state index contributed by atoms with van der Waals surface area (Å²) >= 11 is 6.00. The van der Waals surface area contributed by atoms with E-state index >= 15 is 0 Å². The van der Waals surface area contributed by atoms with Crippen molar-refractivity contribution >= 4 is 17.5 Å². The van der Waals surface area contributed by atoms with Crippen LogP contribution in [0.5, 0.6) is 0 Å². The number of amides is 1. The Labute approximate surface area is 113 Å². The van der Waals surface area contributed by atoms with Crippen molar-refractivity contribution in [2.45, 2.75) is 45.1 Å². The lowest BCUT2D eigenvalue weighted by Gasteiger charge is -2.22. The van der Waals surface area contributed by atoms with Gasteiger partial charge in [-0.05, 0) is 24.8 Å². The van der Waals surface area contributed by atoms with Crippen LogP contribution in [0.1, 0.15) is 49.4 Å². The average molecular weight is 267 g/mol. The Morgan fingerprint density at radius 2 is 2.17 bits per heavy atom. The van der Waals surface area contributed by atoms with Crippen LogP contribution in [0.25, 0.3) is 0 Å². The summed E-state index contributed by atoms with van der Waals surface area (Å²) in [5, 5.41) is 3.56. The number of nitrogens with one attached hydrogen (secondary N) is 1. The molecule has 0 saturated heterocycles. The number of hydrogen-bond donors (Lipinski definition) is 1. The zero-order valence-corrected chi connectivity index (χ0v) is 11.4. The van der Waals surface area contributed by atoms with Gasteiger partial charge in [-0.2, -0.15) is 0 Å². The molecule has 2 atom stereocenters. The minimum atomic E-state index is -0.105. The molecule has 0 radical (unpaired) electrons. The molecule has 0 aliphatic heterocycles. The minimum Gasteiger partial charge on any atom is -0.349 e. The van der Waals surface area contributed by atoms with E-state index < -0.39 is 0 Å². The summed E-state index contributed by atoms with van der Waals surface area (Å²) in [7, 11) is 0. The molecule has 0 spiro atoms. The monoisotopic (exact) mass is 266 g/mol. The Hall–Kier alpha value is -1.09. The van der Waals surface area contributed by atoms with Crippen molar-refractivity contribution in [2.24, 2.45) is 5.92 Å². The minimum absolute atomic E-state index is 0.105. The quantitative estimate of drug-likeness (QED) is 0.834. The Bertz CT molecular complexity index is 422. The fraction of sp³-hybridized carbons (Fsp3) is 0.571. The van der Waals surface area contributed by atoms with Crippen LogP contribution in [0.2, 0.25) is 5.02 Å². The van der Waals surface area contributed by atoms with E-state index in [2.05, 4.69) is 17.2 Å². The topological polar surface area (TPSA) is 42.0 Å². The van der Waals surface area contributed by atoms with Crippen molar-refractivity contribution in [3.8, 4) is 0 Å². The first-order chi connectivity index (χ1) is 8.68. The molecule has 1 amide bonds. The molecule has 1 aliphatic rings. The second kappa shape index (κ2) is 6.19. The van der Waals surface area contributed by atoms with Crippen molar-refractivity contribution in [3.63, 3.8) is 0 Å². The van der Waals surface area contributed by atoms with Gasteiger partial charge in [0, 0.05) is 18.4 Å². The fourth-order valence-corrected chi connectivity index (χ4v) is 2.69. The second-order valence-electron chi connectivity index (χ2n) is 5.05. The number of halogens is 1. The third-order valence-electron chi connectivity index (χ3n) is 3.69. The Balaban J connectivity index is 2.04. The lowest BCUT2D eigenvalue weighted by atomic mass is 9.97. The van der Waals surface area contributed by atoms with Gasteiger partial charge < -0.3 is 5.32 Å². The molecular weight excluding hydrogens is 248 g/mol. The molecule has 1 aromatic rings. The van der Waals surface area contributed by atoms with Crippen LogP contribution in [0.3, 0.4) is 0 Å². The Kier molecular flexibility index (Phi) is 4.59. The molecule has 2 unspecified atom stereocenters. The molecular formula is C14H19ClN2O. The Morgan fingerprint density at radius 3 is 2.94 bits per heavy atom. The van der Waals surface area contributed by atoms with Crippen LogP contribution in [-0.2, 0) is 0 Å². The molecule has 1 saturated carbocycles. The van der Waals surface area contributed by atoms with E-state index in [4.69, 9.17) is 11.6 Å². The van der Waals surface area contributed by atoms with E-state index in [1.54, 1.807) is 12.3 Å². The molecule has 0 aromatic carbocycles. The van der Waals surface area contributed by atoms with Crippen LogP contribution in [0, 0.1) is 5.92 Å².